The smallest absolute Gasteiger partial charge is 0.242 e. The summed E-state index contributed by atoms with van der Waals surface area (Å²) in [5, 5.41) is 22.8. The number of nitrogens with zero attached hydrogens (tertiary/aromatic N) is 1. The number of amides is 3. The maximum absolute atomic E-state index is 13.1. The zero-order valence-corrected chi connectivity index (χ0v) is 23.0. The van der Waals surface area contributed by atoms with Crippen LogP contribution in [0.5, 0.6) is 0 Å². The van der Waals surface area contributed by atoms with Crippen molar-refractivity contribution in [3.63, 3.8) is 0 Å². The number of carbonyl (C=O) groups excluding carboxylic acids is 3. The summed E-state index contributed by atoms with van der Waals surface area (Å²) in [4.78, 5) is 39.6. The fourth-order valence-electron chi connectivity index (χ4n) is 3.54. The van der Waals surface area contributed by atoms with Gasteiger partial charge in [-0.2, -0.15) is 4.72 Å². The van der Waals surface area contributed by atoms with E-state index < -0.39 is 45.8 Å². The average Bonchev–Trinajstić information content (AvgIpc) is 2.88. The number of aliphatic hydroxyl groups is 1. The van der Waals surface area contributed by atoms with Gasteiger partial charge in [-0.1, -0.05) is 54.6 Å². The number of hydrogen-bond acceptors (Lipinski definition) is 7. The number of nitrogens with two attached hydrogens (primary N) is 1. The highest BCUT2D eigenvalue weighted by Gasteiger charge is 2.32. The normalized spacial score (nSPS) is 13.5. The van der Waals surface area contributed by atoms with E-state index >= 15 is 0 Å². The van der Waals surface area contributed by atoms with Crippen LogP contribution >= 0.6 is 0 Å². The van der Waals surface area contributed by atoms with Crippen LogP contribution in [0, 0.1) is 5.41 Å². The van der Waals surface area contributed by atoms with Gasteiger partial charge >= 0.3 is 0 Å². The minimum absolute atomic E-state index is 0. The van der Waals surface area contributed by atoms with Gasteiger partial charge in [0.25, 0.3) is 0 Å². The summed E-state index contributed by atoms with van der Waals surface area (Å²) in [6.07, 6.45) is -1.53. The average molecular weight is 563 g/mol. The first kappa shape index (κ1) is 31.4. The van der Waals surface area contributed by atoms with Gasteiger partial charge in [0.05, 0.1) is 11.9 Å². The van der Waals surface area contributed by atoms with E-state index in [1.807, 2.05) is 0 Å². The Balaban J connectivity index is 0.00000800. The third kappa shape index (κ3) is 10.5. The molecule has 0 bridgehead atoms. The molecule has 0 aromatic heterocycles. The molecule has 39 heavy (non-hydrogen) atoms. The molecule has 0 aliphatic heterocycles. The van der Waals surface area contributed by atoms with Crippen molar-refractivity contribution in [2.75, 3.05) is 14.1 Å². The first-order valence-electron chi connectivity index (χ1n) is 12.2. The van der Waals surface area contributed by atoms with Crippen molar-refractivity contribution in [2.24, 2.45) is 5.73 Å². The number of benzene rings is 2. The van der Waals surface area contributed by atoms with E-state index in [-0.39, 0.29) is 32.6 Å². The zero-order chi connectivity index (χ0) is 29.2. The molecule has 3 atom stereocenters. The van der Waals surface area contributed by atoms with Gasteiger partial charge in [0.15, 0.2) is 0 Å². The van der Waals surface area contributed by atoms with E-state index in [4.69, 9.17) is 11.1 Å². The molecule has 0 spiro atoms. The van der Waals surface area contributed by atoms with E-state index in [2.05, 4.69) is 15.4 Å². The van der Waals surface area contributed by atoms with Crippen LogP contribution < -0.4 is 21.1 Å². The summed E-state index contributed by atoms with van der Waals surface area (Å²) >= 11 is 0. The van der Waals surface area contributed by atoms with Crippen LogP contribution in [0.3, 0.4) is 0 Å². The van der Waals surface area contributed by atoms with E-state index in [1.165, 1.54) is 11.8 Å². The van der Waals surface area contributed by atoms with E-state index in [0.29, 0.717) is 16.7 Å². The third-order valence-corrected chi connectivity index (χ3v) is 7.11. The lowest BCUT2D eigenvalue weighted by atomic mass is 10.1. The fraction of sp³-hybridized carbons (Fsp3) is 0.385. The van der Waals surface area contributed by atoms with Gasteiger partial charge in [-0.25, -0.2) is 8.42 Å². The number of carbonyl (C=O) groups is 3. The maximum Gasteiger partial charge on any atom is 0.242 e. The highest BCUT2D eigenvalue weighted by Crippen LogP contribution is 2.09. The lowest BCUT2D eigenvalue weighted by Gasteiger charge is -2.25. The molecule has 0 heterocycles. The maximum atomic E-state index is 13.1. The molecule has 0 aliphatic rings. The Kier molecular flexibility index (Phi) is 11.6. The molecular weight excluding hydrogens is 524 g/mol. The Morgan fingerprint density at radius 3 is 2.18 bits per heavy atom. The minimum atomic E-state index is -4.03. The molecule has 2 aromatic rings. The molecule has 13 heteroatoms. The van der Waals surface area contributed by atoms with Gasteiger partial charge in [-0.15, -0.1) is 0 Å². The molecule has 2 rings (SSSR count). The van der Waals surface area contributed by atoms with Crippen LogP contribution in [0.4, 0.5) is 0 Å². The zero-order valence-electron chi connectivity index (χ0n) is 22.2. The van der Waals surface area contributed by atoms with E-state index in [0.717, 1.165) is 0 Å². The SMILES string of the molecule is CC(O)[C@@H](NS(=O)(=O)Cc1ccccc1)C(=O)N[C@@H](CCC(=O)N(C)C)C(=O)NCc1ccc(C(=N)N)cc1.[HH]. The third-order valence-electron chi connectivity index (χ3n) is 5.78. The van der Waals surface area contributed by atoms with E-state index in [9.17, 15) is 27.9 Å². The Morgan fingerprint density at radius 2 is 1.64 bits per heavy atom. The van der Waals surface area contributed by atoms with Crippen molar-refractivity contribution in [3.05, 3.63) is 71.3 Å². The summed E-state index contributed by atoms with van der Waals surface area (Å²) in [5.41, 5.74) is 7.18. The minimum Gasteiger partial charge on any atom is -0.391 e. The largest absolute Gasteiger partial charge is 0.391 e. The molecule has 3 amide bonds. The standard InChI is InChI=1S/C26H36N6O6S.H2/c1-17(33)23(31-39(37,38)16-19-7-5-4-6-8-19)26(36)30-21(13-14-22(34)32(2)3)25(35)29-15-18-9-11-20(12-10-18)24(27)28;/h4-12,17,21,23,31,33H,13-16H2,1-3H3,(H3,27,28)(H,29,35)(H,30,36);1H/t17?,21-,23+;/m0./s1. The van der Waals surface area contributed by atoms with Crippen LogP contribution in [0.2, 0.25) is 0 Å². The first-order valence-corrected chi connectivity index (χ1v) is 13.9. The predicted octanol–water partition coefficient (Wildman–Crippen LogP) is 0.0551. The molecule has 0 saturated carbocycles. The van der Waals surface area contributed by atoms with Crippen molar-refractivity contribution < 1.29 is 29.3 Å². The van der Waals surface area contributed by atoms with Gasteiger partial charge in [0, 0.05) is 34.1 Å². The second-order valence-electron chi connectivity index (χ2n) is 9.30. The van der Waals surface area contributed by atoms with Crippen molar-refractivity contribution in [2.45, 2.75) is 50.3 Å². The van der Waals surface area contributed by atoms with Gasteiger partial charge in [-0.3, -0.25) is 19.8 Å². The molecule has 0 aliphatic carbocycles. The highest BCUT2D eigenvalue weighted by molar-refractivity contribution is 7.88. The van der Waals surface area contributed by atoms with Gasteiger partial charge in [-0.05, 0) is 24.5 Å². The molecular formula is C26H38N6O6S. The topological polar surface area (TPSA) is 195 Å². The first-order chi connectivity index (χ1) is 18.3. The molecule has 0 fully saturated rings. The Labute approximate surface area is 230 Å². The summed E-state index contributed by atoms with van der Waals surface area (Å²) in [6.45, 7) is 1.35. The Morgan fingerprint density at radius 1 is 1.03 bits per heavy atom. The molecule has 0 saturated heterocycles. The second-order valence-corrected chi connectivity index (χ2v) is 11.1. The molecule has 2 aromatic carbocycles. The van der Waals surface area contributed by atoms with Crippen molar-refractivity contribution in [1.29, 1.82) is 5.41 Å². The summed E-state index contributed by atoms with van der Waals surface area (Å²) < 4.78 is 27.6. The number of hydrogen-bond donors (Lipinski definition) is 6. The highest BCUT2D eigenvalue weighted by atomic mass is 32.2. The molecule has 7 N–H and O–H groups in total. The van der Waals surface area contributed by atoms with Crippen molar-refractivity contribution in [3.8, 4) is 0 Å². The number of nitrogens with one attached hydrogen (secondary N) is 4. The fourth-order valence-corrected chi connectivity index (χ4v) is 4.94. The summed E-state index contributed by atoms with van der Waals surface area (Å²) in [6, 6.07) is 12.2. The summed E-state index contributed by atoms with van der Waals surface area (Å²) in [7, 11) is -0.907. The lowest BCUT2D eigenvalue weighted by molar-refractivity contribution is -0.133. The quantitative estimate of drug-likeness (QED) is 0.138. The Hall–Kier alpha value is -3.81. The van der Waals surface area contributed by atoms with Crippen LogP contribution in [0.15, 0.2) is 54.6 Å². The molecule has 0 radical (unpaired) electrons. The van der Waals surface area contributed by atoms with Crippen molar-refractivity contribution in [1.82, 2.24) is 20.3 Å². The van der Waals surface area contributed by atoms with Crippen molar-refractivity contribution >= 4 is 33.6 Å². The molecule has 214 valence electrons. The van der Waals surface area contributed by atoms with Crippen LogP contribution in [0.1, 0.15) is 37.9 Å². The summed E-state index contributed by atoms with van der Waals surface area (Å²) in [5.74, 6) is -2.27. The number of nitrogen functional groups attached to an aromatic ring is 1. The number of sulfonamides is 1. The number of rotatable bonds is 14. The predicted molar refractivity (Wildman–Crippen MR) is 149 cm³/mol. The second kappa shape index (κ2) is 14.4. The molecule has 12 nitrogen and oxygen atoms in total. The van der Waals surface area contributed by atoms with Gasteiger partial charge < -0.3 is 26.4 Å². The van der Waals surface area contributed by atoms with Gasteiger partial charge in [0.2, 0.25) is 27.7 Å². The van der Waals surface area contributed by atoms with Crippen LogP contribution in [0.25, 0.3) is 0 Å². The number of amidine groups is 1. The lowest BCUT2D eigenvalue weighted by Crippen LogP contribution is -2.57. The number of aliphatic hydroxyl groups excluding tert-OH is 1. The monoisotopic (exact) mass is 562 g/mol. The van der Waals surface area contributed by atoms with Crippen LogP contribution in [-0.2, 0) is 36.7 Å². The Bertz CT molecular complexity index is 1260. The van der Waals surface area contributed by atoms with Crippen LogP contribution in [-0.4, -0.2) is 74.3 Å². The van der Waals surface area contributed by atoms with Gasteiger partial charge in [0.1, 0.15) is 17.9 Å². The van der Waals surface area contributed by atoms with E-state index in [1.54, 1.807) is 68.7 Å². The molecule has 1 unspecified atom stereocenters.